The van der Waals surface area contributed by atoms with Crippen molar-refractivity contribution in [1.82, 2.24) is 4.90 Å². The van der Waals surface area contributed by atoms with E-state index in [9.17, 15) is 4.79 Å². The summed E-state index contributed by atoms with van der Waals surface area (Å²) in [5.74, 6) is 2.42. The lowest BCUT2D eigenvalue weighted by Gasteiger charge is -2.46. The molecule has 1 spiro atoms. The van der Waals surface area contributed by atoms with Crippen LogP contribution in [0, 0.1) is 11.8 Å². The van der Waals surface area contributed by atoms with Gasteiger partial charge in [0, 0.05) is 18.2 Å². The Hall–Kier alpha value is -1.85. The second-order valence-corrected chi connectivity index (χ2v) is 11.3. The van der Waals surface area contributed by atoms with Gasteiger partial charge in [0.2, 0.25) is 5.91 Å². The molecule has 3 aliphatic heterocycles. The number of carbonyl (C=O) groups excluding carboxylic acids is 1. The fourth-order valence-corrected chi connectivity index (χ4v) is 7.56. The summed E-state index contributed by atoms with van der Waals surface area (Å²) in [6.45, 7) is 7.97. The molecule has 4 atom stereocenters. The lowest BCUT2D eigenvalue weighted by molar-refractivity contribution is -0.640. The third kappa shape index (κ3) is 4.09. The zero-order chi connectivity index (χ0) is 23.7. The van der Waals surface area contributed by atoms with E-state index in [4.69, 9.17) is 4.74 Å². The molecule has 2 aromatic rings. The van der Waals surface area contributed by atoms with Gasteiger partial charge >= 0.3 is 0 Å². The molecule has 2 N–H and O–H groups in total. The SMILES string of the molecule is CCC(CC)[C@@H]1C[C@H](c2ccccc2)CCN1C(=O)[C@@H]1C[NH2+]C[C@]12CCOc1c(Br)cccc12. The third-order valence-corrected chi connectivity index (χ3v) is 9.59. The number of quaternary nitrogens is 1. The number of hydrogen-bond donors (Lipinski definition) is 1. The smallest absolute Gasteiger partial charge is 0.232 e. The van der Waals surface area contributed by atoms with Crippen molar-refractivity contribution in [3.63, 3.8) is 0 Å². The van der Waals surface area contributed by atoms with Gasteiger partial charge in [-0.05, 0) is 58.7 Å². The van der Waals surface area contributed by atoms with Crippen LogP contribution in [0.15, 0.2) is 53.0 Å². The molecule has 2 aromatic carbocycles. The fraction of sp³-hybridized carbons (Fsp3) is 0.552. The zero-order valence-corrected chi connectivity index (χ0v) is 22.1. The number of nitrogens with two attached hydrogens (primary N) is 1. The van der Waals surface area contributed by atoms with E-state index in [0.29, 0.717) is 30.4 Å². The number of hydrogen-bond acceptors (Lipinski definition) is 2. The number of benzene rings is 2. The molecule has 5 rings (SSSR count). The van der Waals surface area contributed by atoms with Gasteiger partial charge in [-0.15, -0.1) is 0 Å². The van der Waals surface area contributed by atoms with Crippen molar-refractivity contribution >= 4 is 21.8 Å². The number of halogens is 1. The Kier molecular flexibility index (Phi) is 7.04. The fourth-order valence-electron chi connectivity index (χ4n) is 7.08. The molecule has 34 heavy (non-hydrogen) atoms. The van der Waals surface area contributed by atoms with Crippen LogP contribution >= 0.6 is 15.9 Å². The summed E-state index contributed by atoms with van der Waals surface area (Å²) in [4.78, 5) is 16.7. The Morgan fingerprint density at radius 3 is 2.74 bits per heavy atom. The molecule has 182 valence electrons. The molecule has 3 aliphatic rings. The number of rotatable bonds is 5. The number of fused-ring (bicyclic) bond motifs is 2. The molecule has 2 fully saturated rings. The van der Waals surface area contributed by atoms with Gasteiger partial charge in [0.05, 0.1) is 29.6 Å². The van der Waals surface area contributed by atoms with Crippen LogP contribution in [0.2, 0.25) is 0 Å². The van der Waals surface area contributed by atoms with E-state index in [0.717, 1.165) is 62.0 Å². The van der Waals surface area contributed by atoms with Crippen LogP contribution in [0.5, 0.6) is 5.75 Å². The van der Waals surface area contributed by atoms with Gasteiger partial charge in [0.1, 0.15) is 11.7 Å². The number of likely N-dealkylation sites (tertiary alicyclic amines) is 1. The van der Waals surface area contributed by atoms with Crippen molar-refractivity contribution in [2.45, 2.75) is 63.3 Å². The van der Waals surface area contributed by atoms with E-state index in [1.807, 2.05) is 6.07 Å². The maximum atomic E-state index is 14.4. The topological polar surface area (TPSA) is 46.2 Å². The minimum atomic E-state index is -0.136. The van der Waals surface area contributed by atoms with Gasteiger partial charge in [0.15, 0.2) is 0 Å². The number of carbonyl (C=O) groups is 1. The number of ether oxygens (including phenoxy) is 1. The highest BCUT2D eigenvalue weighted by molar-refractivity contribution is 9.10. The number of nitrogens with zero attached hydrogens (tertiary/aromatic N) is 1. The maximum Gasteiger partial charge on any atom is 0.232 e. The minimum Gasteiger partial charge on any atom is -0.492 e. The summed E-state index contributed by atoms with van der Waals surface area (Å²) in [6, 6.07) is 17.6. The Morgan fingerprint density at radius 1 is 1.18 bits per heavy atom. The lowest BCUT2D eigenvalue weighted by atomic mass is 9.68. The van der Waals surface area contributed by atoms with Crippen molar-refractivity contribution in [2.75, 3.05) is 26.2 Å². The van der Waals surface area contributed by atoms with Crippen molar-refractivity contribution in [3.8, 4) is 5.75 Å². The summed E-state index contributed by atoms with van der Waals surface area (Å²) in [5, 5.41) is 2.36. The molecular weight excluding hydrogens is 488 g/mol. The van der Waals surface area contributed by atoms with Crippen LogP contribution in [-0.2, 0) is 10.2 Å². The average Bonchev–Trinajstić information content (AvgIpc) is 3.29. The van der Waals surface area contributed by atoms with Gasteiger partial charge in [-0.1, -0.05) is 69.2 Å². The summed E-state index contributed by atoms with van der Waals surface area (Å²) in [7, 11) is 0. The van der Waals surface area contributed by atoms with E-state index in [1.54, 1.807) is 0 Å². The van der Waals surface area contributed by atoms with Crippen molar-refractivity contribution < 1.29 is 14.8 Å². The van der Waals surface area contributed by atoms with Crippen LogP contribution in [0.1, 0.15) is 63.0 Å². The molecule has 3 heterocycles. The first-order chi connectivity index (χ1) is 16.6. The monoisotopic (exact) mass is 525 g/mol. The summed E-state index contributed by atoms with van der Waals surface area (Å²) in [5.41, 5.74) is 2.52. The largest absolute Gasteiger partial charge is 0.492 e. The van der Waals surface area contributed by atoms with Crippen molar-refractivity contribution in [3.05, 3.63) is 64.1 Å². The normalized spacial score (nSPS) is 28.7. The molecule has 0 bridgehead atoms. The molecule has 0 radical (unpaired) electrons. The summed E-state index contributed by atoms with van der Waals surface area (Å²) < 4.78 is 7.09. The molecule has 0 aromatic heterocycles. The summed E-state index contributed by atoms with van der Waals surface area (Å²) >= 11 is 3.69. The van der Waals surface area contributed by atoms with Gasteiger partial charge in [-0.2, -0.15) is 0 Å². The lowest BCUT2D eigenvalue weighted by Crippen LogP contribution is -2.82. The predicted molar refractivity (Wildman–Crippen MR) is 139 cm³/mol. The van der Waals surface area contributed by atoms with Crippen molar-refractivity contribution in [1.29, 1.82) is 0 Å². The van der Waals surface area contributed by atoms with Gasteiger partial charge in [-0.3, -0.25) is 4.79 Å². The highest BCUT2D eigenvalue weighted by atomic mass is 79.9. The summed E-state index contributed by atoms with van der Waals surface area (Å²) in [6.07, 6.45) is 5.30. The molecule has 2 saturated heterocycles. The molecule has 4 nitrogen and oxygen atoms in total. The predicted octanol–water partition coefficient (Wildman–Crippen LogP) is 4.87. The standard InChI is InChI=1S/C29H37BrN2O2/c1-3-20(4-2)26-17-22(21-9-6-5-7-10-21)13-15-32(26)28(33)24-18-31-19-29(24)14-16-34-27-23(29)11-8-12-25(27)30/h5-12,20,22,24,26,31H,3-4,13-19H2,1-2H3/p+1/t22-,24+,26+,29+/m1/s1. The Balaban J connectivity index is 1.46. The van der Waals surface area contributed by atoms with Gasteiger partial charge < -0.3 is 15.0 Å². The zero-order valence-electron chi connectivity index (χ0n) is 20.5. The van der Waals surface area contributed by atoms with E-state index in [-0.39, 0.29) is 11.3 Å². The molecule has 5 heteroatoms. The Labute approximate surface area is 212 Å². The van der Waals surface area contributed by atoms with E-state index in [1.165, 1.54) is 11.1 Å². The molecule has 0 unspecified atom stereocenters. The van der Waals surface area contributed by atoms with Crippen LogP contribution in [0.25, 0.3) is 0 Å². The van der Waals surface area contributed by atoms with Crippen LogP contribution < -0.4 is 10.1 Å². The van der Waals surface area contributed by atoms with Crippen molar-refractivity contribution in [2.24, 2.45) is 11.8 Å². The van der Waals surface area contributed by atoms with Gasteiger partial charge in [0.25, 0.3) is 0 Å². The molecular formula is C29H38BrN2O2+. The number of amides is 1. The highest BCUT2D eigenvalue weighted by Crippen LogP contribution is 2.48. The van der Waals surface area contributed by atoms with E-state index in [2.05, 4.69) is 82.5 Å². The molecule has 1 amide bonds. The van der Waals surface area contributed by atoms with Crippen LogP contribution in [0.3, 0.4) is 0 Å². The number of piperidine rings is 1. The first kappa shape index (κ1) is 23.9. The number of para-hydroxylation sites is 1. The Bertz CT molecular complexity index is 1010. The molecule has 0 aliphatic carbocycles. The third-order valence-electron chi connectivity index (χ3n) is 8.97. The quantitative estimate of drug-likeness (QED) is 0.604. The Morgan fingerprint density at radius 2 is 1.97 bits per heavy atom. The second kappa shape index (κ2) is 10.0. The minimum absolute atomic E-state index is 0.00888. The highest BCUT2D eigenvalue weighted by Gasteiger charge is 2.56. The first-order valence-corrected chi connectivity index (χ1v) is 14.0. The van der Waals surface area contributed by atoms with Crippen LogP contribution in [0.4, 0.5) is 0 Å². The first-order valence-electron chi connectivity index (χ1n) is 13.2. The van der Waals surface area contributed by atoms with Crippen LogP contribution in [-0.4, -0.2) is 43.1 Å². The molecule has 0 saturated carbocycles. The maximum absolute atomic E-state index is 14.4. The van der Waals surface area contributed by atoms with E-state index >= 15 is 0 Å². The average molecular weight is 527 g/mol. The van der Waals surface area contributed by atoms with Gasteiger partial charge in [-0.25, -0.2) is 0 Å². The van der Waals surface area contributed by atoms with E-state index < -0.39 is 0 Å². The second-order valence-electron chi connectivity index (χ2n) is 10.5.